The molecule has 1 fully saturated rings. The minimum atomic E-state index is -4.08. The fourth-order valence-corrected chi connectivity index (χ4v) is 5.25. The minimum Gasteiger partial charge on any atom is -0.481 e. The van der Waals surface area contributed by atoms with E-state index < -0.39 is 49.5 Å². The number of sulfonamides is 1. The molecular weight excluding hydrogens is 314 g/mol. The molecule has 20 heavy (non-hydrogen) atoms. The smallest absolute Gasteiger partial charge is 0.322 e. The first-order chi connectivity index (χ1) is 9.03. The van der Waals surface area contributed by atoms with E-state index in [4.69, 9.17) is 10.2 Å². The van der Waals surface area contributed by atoms with Crippen LogP contribution in [0.1, 0.15) is 19.3 Å². The van der Waals surface area contributed by atoms with Gasteiger partial charge in [0.1, 0.15) is 15.9 Å². The van der Waals surface area contributed by atoms with Crippen LogP contribution in [-0.4, -0.2) is 61.8 Å². The number of sulfone groups is 1. The molecule has 0 aromatic rings. The number of carboxylic acid groups (broad SMARTS) is 2. The average Bonchev–Trinajstić information content (AvgIpc) is 2.26. The summed E-state index contributed by atoms with van der Waals surface area (Å²) in [5.74, 6) is -3.62. The fraction of sp³-hybridized carbons (Fsp3) is 0.778. The number of hydrogen-bond acceptors (Lipinski definition) is 6. The molecular formula is C9H15NO8S2. The van der Waals surface area contributed by atoms with Crippen molar-refractivity contribution in [2.75, 3.05) is 11.5 Å². The van der Waals surface area contributed by atoms with Crippen LogP contribution in [0.2, 0.25) is 0 Å². The number of hydrogen-bond donors (Lipinski definition) is 3. The quantitative estimate of drug-likeness (QED) is 0.527. The lowest BCUT2D eigenvalue weighted by Crippen LogP contribution is -2.47. The second-order valence-corrected chi connectivity index (χ2v) is 8.80. The van der Waals surface area contributed by atoms with E-state index in [-0.39, 0.29) is 24.3 Å². The van der Waals surface area contributed by atoms with Crippen LogP contribution in [0.4, 0.5) is 0 Å². The van der Waals surface area contributed by atoms with Gasteiger partial charge in [0.2, 0.25) is 10.0 Å². The van der Waals surface area contributed by atoms with Crippen LogP contribution in [0.25, 0.3) is 0 Å². The molecule has 0 aliphatic carbocycles. The third kappa shape index (κ3) is 4.72. The van der Waals surface area contributed by atoms with E-state index in [0.717, 1.165) is 0 Å². The molecule has 3 N–H and O–H groups in total. The van der Waals surface area contributed by atoms with Crippen molar-refractivity contribution in [3.63, 3.8) is 0 Å². The Balaban J connectivity index is 2.78. The molecule has 1 rings (SSSR count). The van der Waals surface area contributed by atoms with Crippen LogP contribution in [0.5, 0.6) is 0 Å². The molecule has 1 aliphatic heterocycles. The third-order valence-corrected chi connectivity index (χ3v) is 6.60. The molecule has 116 valence electrons. The Kier molecular flexibility index (Phi) is 5.10. The van der Waals surface area contributed by atoms with Crippen molar-refractivity contribution >= 4 is 31.8 Å². The van der Waals surface area contributed by atoms with Gasteiger partial charge in [-0.3, -0.25) is 9.59 Å². The van der Waals surface area contributed by atoms with Gasteiger partial charge in [0.05, 0.1) is 23.2 Å². The second kappa shape index (κ2) is 6.06. The van der Waals surface area contributed by atoms with E-state index in [2.05, 4.69) is 0 Å². The van der Waals surface area contributed by atoms with Crippen LogP contribution >= 0.6 is 0 Å². The Morgan fingerprint density at radius 3 is 2.10 bits per heavy atom. The summed E-state index contributed by atoms with van der Waals surface area (Å²) in [5, 5.41) is 16.3. The van der Waals surface area contributed by atoms with Crippen molar-refractivity contribution in [1.29, 1.82) is 0 Å². The molecule has 0 spiro atoms. The molecule has 1 heterocycles. The molecule has 0 saturated carbocycles. The van der Waals surface area contributed by atoms with E-state index in [1.54, 1.807) is 0 Å². The molecule has 0 unspecified atom stereocenters. The summed E-state index contributed by atoms with van der Waals surface area (Å²) in [4.78, 5) is 21.3. The summed E-state index contributed by atoms with van der Waals surface area (Å²) in [7, 11) is -7.32. The Labute approximate surface area is 116 Å². The molecule has 0 aromatic heterocycles. The van der Waals surface area contributed by atoms with Gasteiger partial charge in [-0.1, -0.05) is 0 Å². The van der Waals surface area contributed by atoms with E-state index >= 15 is 0 Å². The van der Waals surface area contributed by atoms with Crippen molar-refractivity contribution in [3.8, 4) is 0 Å². The lowest BCUT2D eigenvalue weighted by atomic mass is 10.2. The van der Waals surface area contributed by atoms with Gasteiger partial charge < -0.3 is 10.2 Å². The highest BCUT2D eigenvalue weighted by Crippen LogP contribution is 2.19. The number of rotatable bonds is 6. The first-order valence-corrected chi connectivity index (χ1v) is 9.06. The summed E-state index contributed by atoms with van der Waals surface area (Å²) in [6, 6.07) is -1.77. The van der Waals surface area contributed by atoms with E-state index in [1.165, 1.54) is 0 Å². The van der Waals surface area contributed by atoms with Gasteiger partial charge in [0, 0.05) is 0 Å². The van der Waals surface area contributed by atoms with E-state index in [1.807, 2.05) is 4.72 Å². The zero-order chi connectivity index (χ0) is 15.6. The lowest BCUT2D eigenvalue weighted by molar-refractivity contribution is -0.145. The van der Waals surface area contributed by atoms with Crippen LogP contribution in [-0.2, 0) is 29.4 Å². The summed E-state index contributed by atoms with van der Waals surface area (Å²) in [5.41, 5.74) is 0. The van der Waals surface area contributed by atoms with Gasteiger partial charge in [-0.2, -0.15) is 0 Å². The predicted octanol–water partition coefficient (Wildman–Crippen LogP) is -1.59. The van der Waals surface area contributed by atoms with Crippen molar-refractivity contribution in [2.24, 2.45) is 0 Å². The summed E-state index contributed by atoms with van der Waals surface area (Å²) >= 11 is 0. The Morgan fingerprint density at radius 1 is 1.20 bits per heavy atom. The maximum absolute atomic E-state index is 11.9. The summed E-state index contributed by atoms with van der Waals surface area (Å²) in [6.07, 6.45) is -1.15. The minimum absolute atomic E-state index is 0.128. The molecule has 11 heteroatoms. The monoisotopic (exact) mass is 329 g/mol. The van der Waals surface area contributed by atoms with E-state index in [9.17, 15) is 26.4 Å². The molecule has 0 bridgehead atoms. The van der Waals surface area contributed by atoms with Crippen molar-refractivity contribution < 1.29 is 36.6 Å². The number of nitrogens with one attached hydrogen (secondary N) is 1. The van der Waals surface area contributed by atoms with E-state index in [0.29, 0.717) is 0 Å². The molecule has 1 saturated heterocycles. The molecule has 0 amide bonds. The summed E-state index contributed by atoms with van der Waals surface area (Å²) in [6.45, 7) is 0. The Bertz CT molecular complexity index is 579. The molecule has 9 nitrogen and oxygen atoms in total. The standard InChI is InChI=1S/C9H15NO8S2/c11-8(12)5-7(9(13)14)10-20(17,18)6-1-3-19(15,16)4-2-6/h6-7,10H,1-5H2,(H,11,12)(H,13,14)/t7-/m1/s1. The van der Waals surface area contributed by atoms with Gasteiger partial charge in [0.15, 0.2) is 0 Å². The van der Waals surface area contributed by atoms with Crippen LogP contribution in [0.3, 0.4) is 0 Å². The number of carbonyl (C=O) groups is 2. The Morgan fingerprint density at radius 2 is 1.70 bits per heavy atom. The van der Waals surface area contributed by atoms with Crippen molar-refractivity contribution in [3.05, 3.63) is 0 Å². The van der Waals surface area contributed by atoms with Crippen LogP contribution < -0.4 is 4.72 Å². The van der Waals surface area contributed by atoms with Crippen LogP contribution in [0.15, 0.2) is 0 Å². The zero-order valence-electron chi connectivity index (χ0n) is 10.4. The highest BCUT2D eigenvalue weighted by molar-refractivity contribution is 7.92. The Hall–Kier alpha value is -1.20. The third-order valence-electron chi connectivity index (χ3n) is 2.92. The zero-order valence-corrected chi connectivity index (χ0v) is 12.0. The largest absolute Gasteiger partial charge is 0.481 e. The first kappa shape index (κ1) is 16.9. The second-order valence-electron chi connectivity index (χ2n) is 4.50. The fourth-order valence-electron chi connectivity index (χ4n) is 1.83. The lowest BCUT2D eigenvalue weighted by Gasteiger charge is -2.23. The number of aliphatic carboxylic acids is 2. The first-order valence-electron chi connectivity index (χ1n) is 5.69. The SMILES string of the molecule is O=C(O)C[C@@H](NS(=O)(=O)C1CCS(=O)(=O)CC1)C(=O)O. The maximum Gasteiger partial charge on any atom is 0.322 e. The van der Waals surface area contributed by atoms with Crippen LogP contribution in [0, 0.1) is 0 Å². The molecule has 1 atom stereocenters. The van der Waals surface area contributed by atoms with Crippen molar-refractivity contribution in [2.45, 2.75) is 30.6 Å². The number of carboxylic acids is 2. The molecule has 0 radical (unpaired) electrons. The highest BCUT2D eigenvalue weighted by atomic mass is 32.2. The van der Waals surface area contributed by atoms with Gasteiger partial charge in [-0.15, -0.1) is 0 Å². The predicted molar refractivity (Wildman–Crippen MR) is 67.4 cm³/mol. The molecule has 0 aromatic carbocycles. The van der Waals surface area contributed by atoms with Gasteiger partial charge in [-0.25, -0.2) is 21.6 Å². The van der Waals surface area contributed by atoms with Gasteiger partial charge in [0.25, 0.3) is 0 Å². The van der Waals surface area contributed by atoms with Gasteiger partial charge in [-0.05, 0) is 12.8 Å². The normalized spacial score (nSPS) is 21.2. The topological polar surface area (TPSA) is 155 Å². The summed E-state index contributed by atoms with van der Waals surface area (Å²) < 4.78 is 48.1. The van der Waals surface area contributed by atoms with Crippen molar-refractivity contribution in [1.82, 2.24) is 4.72 Å². The maximum atomic E-state index is 11.9. The van der Waals surface area contributed by atoms with Gasteiger partial charge >= 0.3 is 11.9 Å². The average molecular weight is 329 g/mol. The molecule has 1 aliphatic rings. The highest BCUT2D eigenvalue weighted by Gasteiger charge is 2.36.